The fraction of sp³-hybridized carbons (Fsp3) is 0.417. The largest absolute Gasteiger partial charge is 0.480 e. The van der Waals surface area contributed by atoms with E-state index in [2.05, 4.69) is 4.98 Å². The van der Waals surface area contributed by atoms with Crippen molar-refractivity contribution in [3.63, 3.8) is 0 Å². The van der Waals surface area contributed by atoms with E-state index in [1.165, 1.54) is 19.4 Å². The van der Waals surface area contributed by atoms with Crippen LogP contribution >= 0.6 is 0 Å². The van der Waals surface area contributed by atoms with Crippen molar-refractivity contribution in [2.24, 2.45) is 0 Å². The zero-order valence-corrected chi connectivity index (χ0v) is 10.3. The van der Waals surface area contributed by atoms with Crippen LogP contribution in [0.2, 0.25) is 0 Å². The molecule has 0 aliphatic heterocycles. The second kappa shape index (κ2) is 5.98. The van der Waals surface area contributed by atoms with Crippen LogP contribution in [0.1, 0.15) is 34.6 Å². The molecule has 0 spiro atoms. The van der Waals surface area contributed by atoms with E-state index in [4.69, 9.17) is 4.74 Å². The third-order valence-corrected chi connectivity index (χ3v) is 2.53. The number of aldehydes is 1. The average molecular weight is 236 g/mol. The molecule has 0 aromatic carbocycles. The fourth-order valence-corrected chi connectivity index (χ4v) is 1.59. The van der Waals surface area contributed by atoms with Crippen LogP contribution in [0.4, 0.5) is 0 Å². The van der Waals surface area contributed by atoms with E-state index in [1.807, 2.05) is 13.8 Å². The molecule has 0 N–H and O–H groups in total. The number of ether oxygens (including phenoxy) is 1. The monoisotopic (exact) mass is 236 g/mol. The lowest BCUT2D eigenvalue weighted by atomic mass is 10.1. The van der Waals surface area contributed by atoms with E-state index in [0.29, 0.717) is 24.9 Å². The van der Waals surface area contributed by atoms with Crippen LogP contribution in [0.15, 0.2) is 12.3 Å². The summed E-state index contributed by atoms with van der Waals surface area (Å²) in [5.74, 6) is -0.0476. The molecule has 92 valence electrons. The smallest absolute Gasteiger partial charge is 0.260 e. The predicted molar refractivity (Wildman–Crippen MR) is 63.4 cm³/mol. The van der Waals surface area contributed by atoms with Crippen LogP contribution in [0.3, 0.4) is 0 Å². The molecule has 5 nitrogen and oxygen atoms in total. The molecule has 1 heterocycles. The second-order valence-corrected chi connectivity index (χ2v) is 3.38. The summed E-state index contributed by atoms with van der Waals surface area (Å²) in [6.07, 6.45) is 2.09. The Kier molecular flexibility index (Phi) is 4.63. The molecule has 0 unspecified atom stereocenters. The Bertz CT molecular complexity index is 414. The quantitative estimate of drug-likeness (QED) is 0.725. The number of methoxy groups -OCH3 is 1. The summed E-state index contributed by atoms with van der Waals surface area (Å²) >= 11 is 0. The van der Waals surface area contributed by atoms with Gasteiger partial charge in [-0.15, -0.1) is 0 Å². The first-order valence-electron chi connectivity index (χ1n) is 5.46. The highest BCUT2D eigenvalue weighted by molar-refractivity contribution is 6.03. The topological polar surface area (TPSA) is 59.5 Å². The summed E-state index contributed by atoms with van der Waals surface area (Å²) in [7, 11) is 1.43. The van der Waals surface area contributed by atoms with Crippen molar-refractivity contribution in [2.45, 2.75) is 13.8 Å². The molecule has 1 aromatic heterocycles. The van der Waals surface area contributed by atoms with E-state index in [1.54, 1.807) is 4.90 Å². The summed E-state index contributed by atoms with van der Waals surface area (Å²) < 4.78 is 5.03. The van der Waals surface area contributed by atoms with Crippen LogP contribution in [-0.4, -0.2) is 42.3 Å². The lowest BCUT2D eigenvalue weighted by Gasteiger charge is -2.20. The molecule has 0 saturated heterocycles. The molecular formula is C12H16N2O3. The maximum absolute atomic E-state index is 12.2. The van der Waals surface area contributed by atoms with Crippen LogP contribution < -0.4 is 4.74 Å². The Labute approximate surface area is 100 Å². The SMILES string of the molecule is CCN(CC)C(=O)c1c(C=O)ccnc1OC. The number of hydrogen-bond acceptors (Lipinski definition) is 4. The normalized spacial score (nSPS) is 9.82. The summed E-state index contributed by atoms with van der Waals surface area (Å²) in [6.45, 7) is 4.91. The lowest BCUT2D eigenvalue weighted by molar-refractivity contribution is 0.0765. The maximum Gasteiger partial charge on any atom is 0.260 e. The standard InChI is InChI=1S/C12H16N2O3/c1-4-14(5-2)12(16)10-9(8-15)6-7-13-11(10)17-3/h6-8H,4-5H2,1-3H3. The summed E-state index contributed by atoms with van der Waals surface area (Å²) in [4.78, 5) is 28.7. The average Bonchev–Trinajstić information content (AvgIpc) is 2.38. The molecule has 0 atom stereocenters. The Morgan fingerprint density at radius 2 is 2.12 bits per heavy atom. The number of carbonyl (C=O) groups excluding carboxylic acids is 2. The summed E-state index contributed by atoms with van der Waals surface area (Å²) in [5.41, 5.74) is 0.530. The molecule has 0 aliphatic carbocycles. The minimum absolute atomic E-state index is 0.187. The van der Waals surface area contributed by atoms with Gasteiger partial charge >= 0.3 is 0 Å². The molecule has 5 heteroatoms. The van der Waals surface area contributed by atoms with E-state index in [9.17, 15) is 9.59 Å². The van der Waals surface area contributed by atoms with E-state index in [-0.39, 0.29) is 17.4 Å². The minimum atomic E-state index is -0.234. The van der Waals surface area contributed by atoms with Crippen molar-refractivity contribution >= 4 is 12.2 Å². The second-order valence-electron chi connectivity index (χ2n) is 3.38. The van der Waals surface area contributed by atoms with Crippen molar-refractivity contribution in [3.05, 3.63) is 23.4 Å². The van der Waals surface area contributed by atoms with Crippen molar-refractivity contribution in [1.82, 2.24) is 9.88 Å². The molecule has 0 radical (unpaired) electrons. The first-order valence-corrected chi connectivity index (χ1v) is 5.46. The Hall–Kier alpha value is -1.91. The van der Waals surface area contributed by atoms with Gasteiger partial charge in [-0.25, -0.2) is 4.98 Å². The maximum atomic E-state index is 12.2. The van der Waals surface area contributed by atoms with Gasteiger partial charge in [-0.2, -0.15) is 0 Å². The van der Waals surface area contributed by atoms with Crippen molar-refractivity contribution in [2.75, 3.05) is 20.2 Å². The van der Waals surface area contributed by atoms with E-state index < -0.39 is 0 Å². The highest BCUT2D eigenvalue weighted by Gasteiger charge is 2.21. The highest BCUT2D eigenvalue weighted by atomic mass is 16.5. The predicted octanol–water partition coefficient (Wildman–Crippen LogP) is 1.38. The number of rotatable bonds is 5. The van der Waals surface area contributed by atoms with Crippen molar-refractivity contribution in [3.8, 4) is 5.88 Å². The molecular weight excluding hydrogens is 220 g/mol. The molecule has 0 aliphatic rings. The van der Waals surface area contributed by atoms with Crippen molar-refractivity contribution < 1.29 is 14.3 Å². The number of pyridine rings is 1. The van der Waals surface area contributed by atoms with Gasteiger partial charge < -0.3 is 9.64 Å². The summed E-state index contributed by atoms with van der Waals surface area (Å²) in [6, 6.07) is 1.51. The molecule has 1 rings (SSSR count). The number of carbonyl (C=O) groups is 2. The number of aromatic nitrogens is 1. The van der Waals surface area contributed by atoms with Gasteiger partial charge in [-0.3, -0.25) is 9.59 Å². The number of nitrogens with zero attached hydrogens (tertiary/aromatic N) is 2. The van der Waals surface area contributed by atoms with Crippen LogP contribution in [0, 0.1) is 0 Å². The van der Waals surface area contributed by atoms with Gasteiger partial charge in [-0.1, -0.05) is 0 Å². The molecule has 1 aromatic rings. The zero-order valence-electron chi connectivity index (χ0n) is 10.3. The Balaban J connectivity index is 3.27. The van der Waals surface area contributed by atoms with E-state index in [0.717, 1.165) is 0 Å². The molecule has 1 amide bonds. The first-order chi connectivity index (χ1) is 8.19. The summed E-state index contributed by atoms with van der Waals surface area (Å²) in [5, 5.41) is 0. The van der Waals surface area contributed by atoms with Crippen molar-refractivity contribution in [1.29, 1.82) is 0 Å². The molecule has 0 saturated carbocycles. The molecule has 0 bridgehead atoms. The van der Waals surface area contributed by atoms with E-state index >= 15 is 0 Å². The fourth-order valence-electron chi connectivity index (χ4n) is 1.59. The minimum Gasteiger partial charge on any atom is -0.480 e. The van der Waals surface area contributed by atoms with Crippen LogP contribution in [0.25, 0.3) is 0 Å². The number of hydrogen-bond donors (Lipinski definition) is 0. The van der Waals surface area contributed by atoms with Gasteiger partial charge in [0, 0.05) is 24.8 Å². The molecule has 0 fully saturated rings. The van der Waals surface area contributed by atoms with Gasteiger partial charge in [0.1, 0.15) is 5.56 Å². The Morgan fingerprint density at radius 3 is 2.59 bits per heavy atom. The lowest BCUT2D eigenvalue weighted by Crippen LogP contribution is -2.31. The van der Waals surface area contributed by atoms with Crippen LogP contribution in [-0.2, 0) is 0 Å². The van der Waals surface area contributed by atoms with Gasteiger partial charge in [0.2, 0.25) is 5.88 Å². The highest BCUT2D eigenvalue weighted by Crippen LogP contribution is 2.20. The third-order valence-electron chi connectivity index (χ3n) is 2.53. The van der Waals surface area contributed by atoms with Gasteiger partial charge in [0.15, 0.2) is 6.29 Å². The van der Waals surface area contributed by atoms with Gasteiger partial charge in [0.25, 0.3) is 5.91 Å². The Morgan fingerprint density at radius 1 is 1.47 bits per heavy atom. The number of amides is 1. The van der Waals surface area contributed by atoms with Gasteiger partial charge in [0.05, 0.1) is 7.11 Å². The first kappa shape index (κ1) is 13.2. The zero-order chi connectivity index (χ0) is 12.8. The van der Waals surface area contributed by atoms with Crippen LogP contribution in [0.5, 0.6) is 5.88 Å². The van der Waals surface area contributed by atoms with Gasteiger partial charge in [-0.05, 0) is 19.9 Å². The third kappa shape index (κ3) is 2.61. The molecule has 17 heavy (non-hydrogen) atoms.